The highest BCUT2D eigenvalue weighted by Gasteiger charge is 2.44. The van der Waals surface area contributed by atoms with E-state index in [9.17, 15) is 37.5 Å². The molecule has 2 amide bonds. The molecule has 0 atom stereocenters. The molecule has 8 rings (SSSR count). The predicted molar refractivity (Wildman–Crippen MR) is 197 cm³/mol. The Bertz CT molecular complexity index is 2470. The van der Waals surface area contributed by atoms with Crippen LogP contribution in [0.15, 0.2) is 80.3 Å². The van der Waals surface area contributed by atoms with Crippen LogP contribution in [-0.2, 0) is 11.0 Å². The molecule has 0 unspecified atom stereocenters. The number of aryl methyl sites for hydroxylation is 3. The van der Waals surface area contributed by atoms with E-state index in [4.69, 9.17) is 14.2 Å². The first-order valence-corrected chi connectivity index (χ1v) is 17.8. The molecule has 2 aliphatic carbocycles. The topological polar surface area (TPSA) is 250 Å². The van der Waals surface area contributed by atoms with Crippen LogP contribution in [0.3, 0.4) is 0 Å². The van der Waals surface area contributed by atoms with Gasteiger partial charge in [0.05, 0.1) is 23.2 Å². The molecule has 306 valence electrons. The van der Waals surface area contributed by atoms with Crippen molar-refractivity contribution in [2.75, 3.05) is 6.61 Å². The van der Waals surface area contributed by atoms with Gasteiger partial charge in [0.1, 0.15) is 6.29 Å². The second-order valence-electron chi connectivity index (χ2n) is 13.8. The van der Waals surface area contributed by atoms with E-state index in [-0.39, 0.29) is 29.8 Å². The number of aliphatic hydroxyl groups is 1. The molecule has 2 aliphatic rings. The number of rotatable bonds is 10. The molecule has 4 N–H and O–H groups in total. The number of alkyl halides is 3. The lowest BCUT2D eigenvalue weighted by molar-refractivity contribution is -0.159. The van der Waals surface area contributed by atoms with Crippen molar-refractivity contribution in [2.24, 2.45) is 0 Å². The SMILES string of the molecule is Cc1nc(-c2ccc(C(=O)NC3(C=O)CC3)cc2)no1.Cc1nc(-c2ccc(C(=O)O)cc2C)no1.O=C(NC1(CO)CC1)c1ccc(-c2noc(C(F)(F)F)n2)cc1. The Morgan fingerprint density at radius 3 is 1.61 bits per heavy atom. The number of aliphatic hydroxyl groups excluding tert-OH is 1. The second-order valence-corrected chi connectivity index (χ2v) is 13.8. The summed E-state index contributed by atoms with van der Waals surface area (Å²) in [5, 5.41) is 34.3. The van der Waals surface area contributed by atoms with Crippen molar-refractivity contribution in [1.29, 1.82) is 0 Å². The normalized spacial score (nSPS) is 14.4. The summed E-state index contributed by atoms with van der Waals surface area (Å²) in [4.78, 5) is 57.1. The van der Waals surface area contributed by atoms with Crippen molar-refractivity contribution >= 4 is 24.1 Å². The lowest BCUT2D eigenvalue weighted by atomic mass is 10.0. The van der Waals surface area contributed by atoms with E-state index in [0.29, 0.717) is 53.0 Å². The molecule has 0 aliphatic heterocycles. The van der Waals surface area contributed by atoms with Crippen LogP contribution in [0.2, 0.25) is 0 Å². The zero-order valence-electron chi connectivity index (χ0n) is 31.5. The second kappa shape index (κ2) is 16.8. The number of benzene rings is 3. The van der Waals surface area contributed by atoms with Crippen molar-refractivity contribution < 1.29 is 56.1 Å². The van der Waals surface area contributed by atoms with E-state index in [2.05, 4.69) is 45.6 Å². The summed E-state index contributed by atoms with van der Waals surface area (Å²) in [6, 6.07) is 17.4. The van der Waals surface area contributed by atoms with Gasteiger partial charge in [0.25, 0.3) is 11.8 Å². The highest BCUT2D eigenvalue weighted by Crippen LogP contribution is 2.35. The lowest BCUT2D eigenvalue weighted by Crippen LogP contribution is -2.39. The average Bonchev–Trinajstić information content (AvgIpc) is 3.94. The summed E-state index contributed by atoms with van der Waals surface area (Å²) in [7, 11) is 0. The number of amides is 2. The fourth-order valence-electron chi connectivity index (χ4n) is 5.36. The minimum absolute atomic E-state index is 0.125. The maximum absolute atomic E-state index is 12.4. The van der Waals surface area contributed by atoms with Gasteiger partial charge in [0.2, 0.25) is 29.3 Å². The third-order valence-electron chi connectivity index (χ3n) is 9.16. The Morgan fingerprint density at radius 1 is 0.712 bits per heavy atom. The zero-order chi connectivity index (χ0) is 42.5. The summed E-state index contributed by atoms with van der Waals surface area (Å²) in [6.07, 6.45) is -1.03. The van der Waals surface area contributed by atoms with E-state index in [1.807, 2.05) is 6.92 Å². The fourth-order valence-corrected chi connectivity index (χ4v) is 5.36. The van der Waals surface area contributed by atoms with Gasteiger partial charge in [-0.05, 0) is 80.6 Å². The number of aromatic nitrogens is 6. The van der Waals surface area contributed by atoms with Crippen LogP contribution in [0, 0.1) is 20.8 Å². The number of hydrogen-bond acceptors (Lipinski definition) is 14. The lowest BCUT2D eigenvalue weighted by Gasteiger charge is -2.14. The Labute approximate surface area is 332 Å². The van der Waals surface area contributed by atoms with Gasteiger partial charge < -0.3 is 39.2 Å². The fraction of sp³-hybridized carbons (Fsp3) is 0.282. The Kier molecular flexibility index (Phi) is 11.8. The van der Waals surface area contributed by atoms with Crippen molar-refractivity contribution in [1.82, 2.24) is 41.1 Å². The smallest absolute Gasteiger partial charge is 0.471 e. The van der Waals surface area contributed by atoms with Crippen LogP contribution in [-0.4, -0.2) is 82.4 Å². The van der Waals surface area contributed by atoms with Crippen LogP contribution in [0.4, 0.5) is 13.2 Å². The minimum atomic E-state index is -4.70. The molecule has 0 spiro atoms. The molecule has 3 aromatic heterocycles. The van der Waals surface area contributed by atoms with Gasteiger partial charge in [0, 0.05) is 41.7 Å². The standard InChI is InChI=1S/C14H12F3N3O3.C14H13N3O3.C11H10N2O3/c15-14(16,17)12-18-10(20-23-12)8-1-3-9(4-2-8)11(22)19-13(7-21)5-6-13;1-9-15-12(17-20-9)10-2-4-11(5-3-10)13(19)16-14(8-18)6-7-14;1-6-5-8(11(14)15)3-4-9(6)10-12-7(2)16-13-10/h1-4,21H,5-7H2,(H,19,22);2-5,8H,6-7H2,1H3,(H,16,19);3-5H,1-2H3,(H,14,15). The van der Waals surface area contributed by atoms with E-state index in [1.165, 1.54) is 30.3 Å². The summed E-state index contributed by atoms with van der Waals surface area (Å²) < 4.78 is 51.2. The highest BCUT2D eigenvalue weighted by molar-refractivity contribution is 5.97. The number of carbonyl (C=O) groups is 4. The first kappa shape index (κ1) is 41.5. The number of halogens is 3. The van der Waals surface area contributed by atoms with Gasteiger partial charge in [-0.1, -0.05) is 39.7 Å². The number of aldehydes is 1. The van der Waals surface area contributed by atoms with E-state index in [1.54, 1.807) is 50.2 Å². The Morgan fingerprint density at radius 2 is 1.20 bits per heavy atom. The number of carbonyl (C=O) groups excluding carboxylic acids is 3. The van der Waals surface area contributed by atoms with Crippen LogP contribution in [0.5, 0.6) is 0 Å². The molecule has 0 radical (unpaired) electrons. The minimum Gasteiger partial charge on any atom is -0.478 e. The third-order valence-corrected chi connectivity index (χ3v) is 9.16. The Hall–Kier alpha value is -7.09. The maximum atomic E-state index is 12.4. The Balaban J connectivity index is 0.000000151. The van der Waals surface area contributed by atoms with Crippen molar-refractivity contribution in [3.63, 3.8) is 0 Å². The number of carboxylic acids is 1. The van der Waals surface area contributed by atoms with Gasteiger partial charge in [-0.3, -0.25) is 9.59 Å². The number of aromatic carboxylic acids is 1. The molecule has 2 fully saturated rings. The van der Waals surface area contributed by atoms with Crippen LogP contribution >= 0.6 is 0 Å². The molecule has 59 heavy (non-hydrogen) atoms. The maximum Gasteiger partial charge on any atom is 0.471 e. The molecule has 17 nitrogen and oxygen atoms in total. The van der Waals surface area contributed by atoms with Crippen LogP contribution < -0.4 is 10.6 Å². The molecule has 2 saturated carbocycles. The van der Waals surface area contributed by atoms with E-state index in [0.717, 1.165) is 35.8 Å². The quantitative estimate of drug-likeness (QED) is 0.123. The summed E-state index contributed by atoms with van der Waals surface area (Å²) in [6.45, 7) is 5.11. The monoisotopic (exact) mass is 816 g/mol. The van der Waals surface area contributed by atoms with Crippen molar-refractivity contribution in [3.8, 4) is 34.2 Å². The molecule has 6 aromatic rings. The van der Waals surface area contributed by atoms with Gasteiger partial charge >= 0.3 is 18.0 Å². The van der Waals surface area contributed by atoms with Crippen LogP contribution in [0.1, 0.15) is 80.0 Å². The molecule has 20 heteroatoms. The average molecular weight is 817 g/mol. The molecular weight excluding hydrogens is 781 g/mol. The first-order valence-electron chi connectivity index (χ1n) is 17.8. The van der Waals surface area contributed by atoms with E-state index < -0.39 is 29.1 Å². The number of nitrogens with one attached hydrogen (secondary N) is 2. The van der Waals surface area contributed by atoms with Gasteiger partial charge in [-0.2, -0.15) is 28.1 Å². The van der Waals surface area contributed by atoms with Gasteiger partial charge in [0.15, 0.2) is 0 Å². The van der Waals surface area contributed by atoms with Gasteiger partial charge in [-0.25, -0.2) is 4.79 Å². The molecular formula is C39H35F3N8O9. The summed E-state index contributed by atoms with van der Waals surface area (Å²) in [5.74, 6) is -1.24. The number of carboxylic acid groups (broad SMARTS) is 1. The van der Waals surface area contributed by atoms with Crippen LogP contribution in [0.25, 0.3) is 34.2 Å². The third kappa shape index (κ3) is 10.3. The number of hydrogen-bond donors (Lipinski definition) is 4. The molecule has 0 saturated heterocycles. The molecule has 3 heterocycles. The van der Waals surface area contributed by atoms with Crippen molar-refractivity contribution in [3.05, 3.63) is 107 Å². The van der Waals surface area contributed by atoms with E-state index >= 15 is 0 Å². The number of nitrogens with zero attached hydrogens (tertiary/aromatic N) is 6. The summed E-state index contributed by atoms with van der Waals surface area (Å²) >= 11 is 0. The summed E-state index contributed by atoms with van der Waals surface area (Å²) in [5.41, 5.74) is 2.56. The predicted octanol–water partition coefficient (Wildman–Crippen LogP) is 5.57. The molecule has 3 aromatic carbocycles. The van der Waals surface area contributed by atoms with Gasteiger partial charge in [-0.15, -0.1) is 0 Å². The first-order chi connectivity index (χ1) is 28.0. The van der Waals surface area contributed by atoms with Crippen molar-refractivity contribution in [2.45, 2.75) is 63.7 Å². The largest absolute Gasteiger partial charge is 0.478 e. The zero-order valence-corrected chi connectivity index (χ0v) is 31.5. The molecule has 0 bridgehead atoms. The highest BCUT2D eigenvalue weighted by atomic mass is 19.4.